The largest absolute Gasteiger partial charge is 1.00 e. The Hall–Kier alpha value is 0.557. The Morgan fingerprint density at radius 3 is 1.30 bits per heavy atom. The fourth-order valence-electron chi connectivity index (χ4n) is 0. The van der Waals surface area contributed by atoms with Crippen LogP contribution in [0.1, 0.15) is 20.8 Å². The van der Waals surface area contributed by atoms with Gasteiger partial charge in [0.25, 0.3) is 0 Å². The minimum Gasteiger partial charge on any atom is -0.339 e. The molecule has 0 saturated heterocycles. The molecule has 0 saturated carbocycles. The van der Waals surface area contributed by atoms with Gasteiger partial charge in [-0.2, -0.15) is 20.8 Å². The molecule has 0 spiro atoms. The molecular formula is C8H19LiN-. The smallest absolute Gasteiger partial charge is 0.339 e. The molecule has 0 bridgehead atoms. The van der Waals surface area contributed by atoms with Gasteiger partial charge in [-0.25, -0.2) is 0 Å². The third kappa shape index (κ3) is 74.7. The van der Waals surface area contributed by atoms with E-state index >= 15 is 0 Å². The van der Waals surface area contributed by atoms with Crippen molar-refractivity contribution in [3.05, 3.63) is 12.8 Å². The zero-order valence-corrected chi connectivity index (χ0v) is 8.36. The van der Waals surface area contributed by atoms with E-state index in [9.17, 15) is 0 Å². The Balaban J connectivity index is -0.0000000910. The van der Waals surface area contributed by atoms with Crippen molar-refractivity contribution in [3.63, 3.8) is 0 Å². The first-order valence-electron chi connectivity index (χ1n) is 3.21. The molecule has 0 aromatic heterocycles. The van der Waals surface area contributed by atoms with E-state index < -0.39 is 0 Å². The molecule has 0 aliphatic carbocycles. The second-order valence-electron chi connectivity index (χ2n) is 2.80. The summed E-state index contributed by atoms with van der Waals surface area (Å²) in [5.41, 5.74) is 0. The fourth-order valence-corrected chi connectivity index (χ4v) is 0. The molecule has 0 atom stereocenters. The van der Waals surface area contributed by atoms with E-state index in [1.807, 2.05) is 19.0 Å². The minimum atomic E-state index is 0. The topological polar surface area (TPSA) is 3.24 Å². The summed E-state index contributed by atoms with van der Waals surface area (Å²) in [6.45, 7) is 10.8. The van der Waals surface area contributed by atoms with Crippen molar-refractivity contribution in [1.29, 1.82) is 0 Å². The van der Waals surface area contributed by atoms with Gasteiger partial charge in [-0.1, -0.05) is 0 Å². The van der Waals surface area contributed by atoms with Crippen molar-refractivity contribution in [2.24, 2.45) is 0 Å². The van der Waals surface area contributed by atoms with Crippen LogP contribution in [-0.2, 0) is 0 Å². The molecule has 0 amide bonds. The van der Waals surface area contributed by atoms with Crippen molar-refractivity contribution in [3.8, 4) is 0 Å². The first kappa shape index (κ1) is 16.9. The van der Waals surface area contributed by atoms with Crippen molar-refractivity contribution in [2.75, 3.05) is 20.6 Å². The van der Waals surface area contributed by atoms with E-state index in [1.54, 1.807) is 0 Å². The van der Waals surface area contributed by atoms with Crippen LogP contribution in [0.3, 0.4) is 0 Å². The third-order valence-corrected chi connectivity index (χ3v) is 0.447. The number of hydrogen-bond acceptors (Lipinski definition) is 1. The summed E-state index contributed by atoms with van der Waals surface area (Å²) in [6, 6.07) is 0. The molecule has 0 rings (SSSR count). The average Bonchev–Trinajstić information content (AvgIpc) is 1.65. The van der Waals surface area contributed by atoms with Crippen LogP contribution >= 0.6 is 0 Å². The molecule has 0 aliphatic rings. The molecule has 0 aliphatic heterocycles. The van der Waals surface area contributed by atoms with Crippen LogP contribution in [0.4, 0.5) is 0 Å². The SMILES string of the molecule is C[C-](C)C.[CH2-]CN(C)C.[Li+]. The zero-order chi connectivity index (χ0) is 7.86. The van der Waals surface area contributed by atoms with Gasteiger partial charge in [0.05, 0.1) is 0 Å². The Bertz CT molecular complexity index is 41.8. The molecule has 1 nitrogen and oxygen atoms in total. The summed E-state index contributed by atoms with van der Waals surface area (Å²) < 4.78 is 0. The maximum atomic E-state index is 3.61. The van der Waals surface area contributed by atoms with E-state index in [2.05, 4.69) is 27.7 Å². The summed E-state index contributed by atoms with van der Waals surface area (Å²) in [5, 5.41) is 0. The average molecular weight is 136 g/mol. The minimum absolute atomic E-state index is 0. The second kappa shape index (κ2) is 12.3. The predicted octanol–water partition coefficient (Wildman–Crippen LogP) is -0.993. The van der Waals surface area contributed by atoms with Crippen LogP contribution in [0.15, 0.2) is 0 Å². The molecular weight excluding hydrogens is 117 g/mol. The number of rotatable bonds is 1. The predicted molar refractivity (Wildman–Crippen MR) is 44.2 cm³/mol. The van der Waals surface area contributed by atoms with Gasteiger partial charge in [0, 0.05) is 0 Å². The Morgan fingerprint density at radius 2 is 1.30 bits per heavy atom. The Morgan fingerprint density at radius 1 is 1.20 bits per heavy atom. The molecule has 10 heavy (non-hydrogen) atoms. The van der Waals surface area contributed by atoms with Gasteiger partial charge < -0.3 is 17.7 Å². The van der Waals surface area contributed by atoms with Gasteiger partial charge in [0.15, 0.2) is 0 Å². The van der Waals surface area contributed by atoms with Crippen molar-refractivity contribution >= 4 is 0 Å². The fraction of sp³-hybridized carbons (Fsp3) is 0.750. The van der Waals surface area contributed by atoms with Crippen LogP contribution in [0.2, 0.25) is 0 Å². The molecule has 0 aromatic rings. The second-order valence-corrected chi connectivity index (χ2v) is 2.80. The van der Waals surface area contributed by atoms with Crippen LogP contribution < -0.4 is 18.9 Å². The van der Waals surface area contributed by atoms with Crippen molar-refractivity contribution in [2.45, 2.75) is 20.8 Å². The van der Waals surface area contributed by atoms with E-state index in [0.717, 1.165) is 6.54 Å². The van der Waals surface area contributed by atoms with Crippen LogP contribution in [0.5, 0.6) is 0 Å². The molecule has 0 unspecified atom stereocenters. The quantitative estimate of drug-likeness (QED) is 0.330. The van der Waals surface area contributed by atoms with E-state index in [-0.39, 0.29) is 18.9 Å². The molecule has 0 fully saturated rings. The van der Waals surface area contributed by atoms with Crippen molar-refractivity contribution < 1.29 is 18.9 Å². The Labute approximate surface area is 78.4 Å². The third-order valence-electron chi connectivity index (χ3n) is 0.447. The molecule has 0 heterocycles. The zero-order valence-electron chi connectivity index (χ0n) is 8.36. The molecule has 0 N–H and O–H groups in total. The molecule has 58 valence electrons. The van der Waals surface area contributed by atoms with Gasteiger partial charge in [0.1, 0.15) is 0 Å². The Kier molecular flexibility index (Phi) is 20.7. The van der Waals surface area contributed by atoms with Gasteiger partial charge >= 0.3 is 18.9 Å². The van der Waals surface area contributed by atoms with Crippen LogP contribution in [0, 0.1) is 12.8 Å². The maximum Gasteiger partial charge on any atom is 1.00 e. The summed E-state index contributed by atoms with van der Waals surface area (Å²) in [5.74, 6) is 1.42. The standard InChI is InChI=1S/C4H10N.C4H9.Li/c1-4-5(2)3;1-4(2)3;/h1,4H2,2-3H3;1-3H3;/q2*-1;+1. The molecule has 2 heteroatoms. The number of nitrogens with zero attached hydrogens (tertiary/aromatic N) is 1. The van der Waals surface area contributed by atoms with Crippen LogP contribution in [-0.4, -0.2) is 25.5 Å². The molecule has 0 aromatic carbocycles. The van der Waals surface area contributed by atoms with Gasteiger partial charge in [0.2, 0.25) is 0 Å². The van der Waals surface area contributed by atoms with E-state index in [1.165, 1.54) is 5.92 Å². The normalized spacial score (nSPS) is 8.40. The van der Waals surface area contributed by atoms with Gasteiger partial charge in [-0.05, 0) is 14.1 Å². The van der Waals surface area contributed by atoms with Gasteiger partial charge in [-0.3, -0.25) is 0 Å². The first-order valence-corrected chi connectivity index (χ1v) is 3.21. The van der Waals surface area contributed by atoms with Crippen molar-refractivity contribution in [1.82, 2.24) is 4.90 Å². The summed E-state index contributed by atoms with van der Waals surface area (Å²) >= 11 is 0. The monoisotopic (exact) mass is 136 g/mol. The summed E-state index contributed by atoms with van der Waals surface area (Å²) in [7, 11) is 3.99. The molecule has 0 radical (unpaired) electrons. The number of hydrogen-bond donors (Lipinski definition) is 0. The van der Waals surface area contributed by atoms with Crippen LogP contribution in [0.25, 0.3) is 0 Å². The van der Waals surface area contributed by atoms with E-state index in [0.29, 0.717) is 0 Å². The summed E-state index contributed by atoms with van der Waals surface area (Å²) in [6.07, 6.45) is 0. The first-order chi connectivity index (χ1) is 4.00. The maximum absolute atomic E-state index is 3.61. The van der Waals surface area contributed by atoms with Gasteiger partial charge in [-0.15, -0.1) is 6.54 Å². The van der Waals surface area contributed by atoms with E-state index in [4.69, 9.17) is 0 Å². The summed E-state index contributed by atoms with van der Waals surface area (Å²) in [4.78, 5) is 2.01.